The summed E-state index contributed by atoms with van der Waals surface area (Å²) in [4.78, 5) is 11.1. The molecule has 1 atom stereocenters. The molecule has 3 heterocycles. The second kappa shape index (κ2) is 10.6. The molecule has 0 saturated carbocycles. The summed E-state index contributed by atoms with van der Waals surface area (Å²) in [6, 6.07) is 23.1. The van der Waals surface area contributed by atoms with Crippen LogP contribution in [0, 0.1) is 5.92 Å². The molecule has 0 aliphatic carbocycles. The fraction of sp³-hybridized carbons (Fsp3) is 0.286. The summed E-state index contributed by atoms with van der Waals surface area (Å²) in [6.45, 7) is 4.96. The molecule has 0 spiro atoms. The molecule has 0 amide bonds. The summed E-state index contributed by atoms with van der Waals surface area (Å²) < 4.78 is 12.0. The van der Waals surface area contributed by atoms with Gasteiger partial charge in [-0.2, -0.15) is 0 Å². The average Bonchev–Trinajstić information content (AvgIpc) is 3.08. The van der Waals surface area contributed by atoms with E-state index in [9.17, 15) is 0 Å². The first-order valence-corrected chi connectivity index (χ1v) is 11.6. The van der Waals surface area contributed by atoms with E-state index < -0.39 is 0 Å². The van der Waals surface area contributed by atoms with Crippen LogP contribution in [-0.4, -0.2) is 41.2 Å². The molecule has 1 aliphatic rings. The zero-order valence-electron chi connectivity index (χ0n) is 18.8. The van der Waals surface area contributed by atoms with Crippen LogP contribution in [0.1, 0.15) is 16.7 Å². The molecule has 2 aromatic heterocycles. The topological polar surface area (TPSA) is 47.5 Å². The van der Waals surface area contributed by atoms with Crippen LogP contribution in [0.2, 0.25) is 0 Å². The van der Waals surface area contributed by atoms with Gasteiger partial charge in [-0.15, -0.1) is 0 Å². The third-order valence-corrected chi connectivity index (χ3v) is 6.05. The van der Waals surface area contributed by atoms with E-state index in [0.717, 1.165) is 56.1 Å². The summed E-state index contributed by atoms with van der Waals surface area (Å²) in [7, 11) is 0. The Labute approximate surface area is 195 Å². The minimum absolute atomic E-state index is 0.464. The molecular weight excluding hydrogens is 410 g/mol. The van der Waals surface area contributed by atoms with Crippen molar-refractivity contribution in [2.24, 2.45) is 5.92 Å². The van der Waals surface area contributed by atoms with Gasteiger partial charge >= 0.3 is 0 Å². The Morgan fingerprint density at radius 3 is 2.82 bits per heavy atom. The monoisotopic (exact) mass is 439 g/mol. The van der Waals surface area contributed by atoms with Crippen molar-refractivity contribution >= 4 is 10.9 Å². The van der Waals surface area contributed by atoms with Crippen LogP contribution in [0.3, 0.4) is 0 Å². The van der Waals surface area contributed by atoms with Crippen molar-refractivity contribution in [1.29, 1.82) is 0 Å². The molecule has 0 bridgehead atoms. The van der Waals surface area contributed by atoms with E-state index in [1.54, 1.807) is 6.20 Å². The van der Waals surface area contributed by atoms with Gasteiger partial charge in [0.15, 0.2) is 0 Å². The zero-order chi connectivity index (χ0) is 22.3. The minimum atomic E-state index is 0.464. The molecule has 33 heavy (non-hydrogen) atoms. The molecule has 5 rings (SSSR count). The van der Waals surface area contributed by atoms with E-state index in [0.29, 0.717) is 12.5 Å². The number of fused-ring (bicyclic) bond motifs is 1. The molecule has 1 unspecified atom stereocenters. The van der Waals surface area contributed by atoms with Crippen molar-refractivity contribution in [3.63, 3.8) is 0 Å². The predicted octanol–water partition coefficient (Wildman–Crippen LogP) is 4.90. The van der Waals surface area contributed by atoms with Crippen LogP contribution in [0.25, 0.3) is 10.9 Å². The number of rotatable bonds is 7. The van der Waals surface area contributed by atoms with Gasteiger partial charge in [-0.25, -0.2) is 0 Å². The summed E-state index contributed by atoms with van der Waals surface area (Å²) in [6.07, 6.45) is 6.47. The second-order valence-corrected chi connectivity index (χ2v) is 8.71. The van der Waals surface area contributed by atoms with Crippen LogP contribution in [0.5, 0.6) is 5.75 Å². The molecule has 1 fully saturated rings. The van der Waals surface area contributed by atoms with E-state index in [2.05, 4.69) is 57.3 Å². The standard InChI is InChI=1S/C28H29N3O2/c1-4-23(16-27(7-1)33-21-24-5-2-10-29-17-24)18-31-12-13-32-20-25(19-31)14-22-8-9-28-26(15-22)6-3-11-30-28/h1-11,15-17,25H,12-14,18-21H2. The maximum absolute atomic E-state index is 5.99. The van der Waals surface area contributed by atoms with Gasteiger partial charge < -0.3 is 9.47 Å². The Morgan fingerprint density at radius 2 is 1.88 bits per heavy atom. The predicted molar refractivity (Wildman–Crippen MR) is 130 cm³/mol. The number of hydrogen-bond donors (Lipinski definition) is 0. The normalized spacial score (nSPS) is 17.0. The van der Waals surface area contributed by atoms with E-state index >= 15 is 0 Å². The van der Waals surface area contributed by atoms with Crippen molar-refractivity contribution in [3.8, 4) is 5.75 Å². The van der Waals surface area contributed by atoms with E-state index in [1.165, 1.54) is 16.5 Å². The Hall–Kier alpha value is -3.28. The lowest BCUT2D eigenvalue weighted by Gasteiger charge is -2.24. The maximum atomic E-state index is 5.99. The van der Waals surface area contributed by atoms with Crippen LogP contribution in [0.15, 0.2) is 85.3 Å². The molecule has 168 valence electrons. The van der Waals surface area contributed by atoms with Crippen molar-refractivity contribution in [1.82, 2.24) is 14.9 Å². The van der Waals surface area contributed by atoms with E-state index in [4.69, 9.17) is 9.47 Å². The van der Waals surface area contributed by atoms with E-state index in [1.807, 2.05) is 36.7 Å². The van der Waals surface area contributed by atoms with Gasteiger partial charge in [-0.05, 0) is 59.9 Å². The molecular formula is C28H29N3O2. The first-order valence-electron chi connectivity index (χ1n) is 11.6. The first-order chi connectivity index (χ1) is 16.3. The number of pyridine rings is 2. The van der Waals surface area contributed by atoms with Crippen LogP contribution in [0.4, 0.5) is 0 Å². The highest BCUT2D eigenvalue weighted by Crippen LogP contribution is 2.21. The molecule has 4 aromatic rings. The van der Waals surface area contributed by atoms with Gasteiger partial charge in [-0.1, -0.05) is 30.3 Å². The molecule has 5 nitrogen and oxygen atoms in total. The van der Waals surface area contributed by atoms with E-state index in [-0.39, 0.29) is 0 Å². The van der Waals surface area contributed by atoms with Crippen LogP contribution in [-0.2, 0) is 24.3 Å². The van der Waals surface area contributed by atoms with Crippen LogP contribution < -0.4 is 4.74 Å². The second-order valence-electron chi connectivity index (χ2n) is 8.71. The number of aromatic nitrogens is 2. The molecule has 1 saturated heterocycles. The maximum Gasteiger partial charge on any atom is 0.120 e. The average molecular weight is 440 g/mol. The summed E-state index contributed by atoms with van der Waals surface area (Å²) in [5, 5.41) is 1.20. The smallest absolute Gasteiger partial charge is 0.120 e. The van der Waals surface area contributed by atoms with Gasteiger partial charge in [0, 0.05) is 49.2 Å². The Morgan fingerprint density at radius 1 is 0.939 bits per heavy atom. The quantitative estimate of drug-likeness (QED) is 0.410. The molecule has 0 radical (unpaired) electrons. The Kier molecular flexibility index (Phi) is 6.90. The Bertz CT molecular complexity index is 1180. The van der Waals surface area contributed by atoms with Crippen molar-refractivity contribution in [3.05, 3.63) is 102 Å². The third kappa shape index (κ3) is 5.95. The van der Waals surface area contributed by atoms with Gasteiger partial charge in [0.25, 0.3) is 0 Å². The van der Waals surface area contributed by atoms with Gasteiger partial charge in [-0.3, -0.25) is 14.9 Å². The number of hydrogen-bond acceptors (Lipinski definition) is 5. The lowest BCUT2D eigenvalue weighted by atomic mass is 9.98. The number of benzene rings is 2. The molecule has 0 N–H and O–H groups in total. The highest BCUT2D eigenvalue weighted by Gasteiger charge is 2.19. The highest BCUT2D eigenvalue weighted by molar-refractivity contribution is 5.78. The molecule has 1 aliphatic heterocycles. The SMILES string of the molecule is c1cncc(COc2cccc(CN3CCOCC(Cc4ccc5ncccc5c4)C3)c2)c1. The fourth-order valence-electron chi connectivity index (χ4n) is 4.45. The molecule has 5 heteroatoms. The highest BCUT2D eigenvalue weighted by atomic mass is 16.5. The zero-order valence-corrected chi connectivity index (χ0v) is 18.8. The van der Waals surface area contributed by atoms with Crippen molar-refractivity contribution in [2.45, 2.75) is 19.6 Å². The minimum Gasteiger partial charge on any atom is -0.489 e. The largest absolute Gasteiger partial charge is 0.489 e. The number of nitrogens with zero attached hydrogens (tertiary/aromatic N) is 3. The lowest BCUT2D eigenvalue weighted by Crippen LogP contribution is -2.30. The first kappa shape index (κ1) is 21.6. The summed E-state index contributed by atoms with van der Waals surface area (Å²) in [5.74, 6) is 1.36. The van der Waals surface area contributed by atoms with Gasteiger partial charge in [0.05, 0.1) is 18.7 Å². The fourth-order valence-corrected chi connectivity index (χ4v) is 4.45. The number of ether oxygens (including phenoxy) is 2. The van der Waals surface area contributed by atoms with Gasteiger partial charge in [0.1, 0.15) is 12.4 Å². The van der Waals surface area contributed by atoms with Crippen LogP contribution >= 0.6 is 0 Å². The van der Waals surface area contributed by atoms with Crippen molar-refractivity contribution in [2.75, 3.05) is 26.3 Å². The third-order valence-electron chi connectivity index (χ3n) is 6.05. The Balaban J connectivity index is 1.21. The van der Waals surface area contributed by atoms with Crippen molar-refractivity contribution < 1.29 is 9.47 Å². The summed E-state index contributed by atoms with van der Waals surface area (Å²) in [5.41, 5.74) is 4.72. The summed E-state index contributed by atoms with van der Waals surface area (Å²) >= 11 is 0. The molecule has 2 aromatic carbocycles. The van der Waals surface area contributed by atoms with Gasteiger partial charge in [0.2, 0.25) is 0 Å². The lowest BCUT2D eigenvalue weighted by molar-refractivity contribution is 0.121.